The van der Waals surface area contributed by atoms with Gasteiger partial charge in [-0.15, -0.1) is 11.8 Å². The number of thioether (sulfide) groups is 1. The molecule has 0 radical (unpaired) electrons. The van der Waals surface area contributed by atoms with E-state index in [-0.39, 0.29) is 16.3 Å². The fourth-order valence-electron chi connectivity index (χ4n) is 2.70. The zero-order chi connectivity index (χ0) is 14.7. The van der Waals surface area contributed by atoms with E-state index in [1.165, 1.54) is 11.6 Å². The highest BCUT2D eigenvalue weighted by Crippen LogP contribution is 2.48. The van der Waals surface area contributed by atoms with Crippen LogP contribution in [-0.4, -0.2) is 13.2 Å². The van der Waals surface area contributed by atoms with Gasteiger partial charge in [-0.25, -0.2) is 4.39 Å². The van der Waals surface area contributed by atoms with Gasteiger partial charge in [0.15, 0.2) is 0 Å². The first-order valence-corrected chi connectivity index (χ1v) is 7.89. The Balaban J connectivity index is 1.94. The van der Waals surface area contributed by atoms with Gasteiger partial charge in [-0.1, -0.05) is 30.3 Å². The number of nitrogen functional groups attached to an aromatic ring is 1. The Kier molecular flexibility index (Phi) is 4.17. The van der Waals surface area contributed by atoms with Crippen molar-refractivity contribution in [2.75, 3.05) is 18.9 Å². The predicted molar refractivity (Wildman–Crippen MR) is 84.8 cm³/mol. The summed E-state index contributed by atoms with van der Waals surface area (Å²) in [5, 5.41) is 0. The lowest BCUT2D eigenvalue weighted by Gasteiger charge is -2.37. The van der Waals surface area contributed by atoms with Crippen LogP contribution in [0.5, 0.6) is 0 Å². The third kappa shape index (κ3) is 3.06. The first-order valence-electron chi connectivity index (χ1n) is 7.07. The molecule has 0 amide bonds. The van der Waals surface area contributed by atoms with Crippen molar-refractivity contribution in [2.45, 2.75) is 22.5 Å². The van der Waals surface area contributed by atoms with Crippen LogP contribution < -0.4 is 5.73 Å². The molecular weight excluding hydrogens is 285 g/mol. The number of benzene rings is 2. The SMILES string of the molecule is Nc1cc(SC2(c3ccccc3)CCOCC2)ccc1F. The summed E-state index contributed by atoms with van der Waals surface area (Å²) in [7, 11) is 0. The zero-order valence-corrected chi connectivity index (χ0v) is 12.5. The Labute approximate surface area is 128 Å². The first-order chi connectivity index (χ1) is 10.2. The highest BCUT2D eigenvalue weighted by molar-refractivity contribution is 8.00. The molecule has 21 heavy (non-hydrogen) atoms. The highest BCUT2D eigenvalue weighted by Gasteiger charge is 2.35. The van der Waals surface area contributed by atoms with Crippen molar-refractivity contribution in [2.24, 2.45) is 0 Å². The van der Waals surface area contributed by atoms with Gasteiger partial charge < -0.3 is 10.5 Å². The van der Waals surface area contributed by atoms with Crippen LogP contribution in [0.2, 0.25) is 0 Å². The van der Waals surface area contributed by atoms with Gasteiger partial charge in [0.1, 0.15) is 5.82 Å². The van der Waals surface area contributed by atoms with E-state index in [9.17, 15) is 4.39 Å². The fourth-order valence-corrected chi connectivity index (χ4v) is 4.10. The quantitative estimate of drug-likeness (QED) is 0.863. The molecule has 1 heterocycles. The Morgan fingerprint density at radius 2 is 1.76 bits per heavy atom. The van der Waals surface area contributed by atoms with Crippen LogP contribution in [0.15, 0.2) is 53.4 Å². The van der Waals surface area contributed by atoms with Crippen LogP contribution in [-0.2, 0) is 9.48 Å². The number of anilines is 1. The summed E-state index contributed by atoms with van der Waals surface area (Å²) in [4.78, 5) is 1.000. The first kappa shape index (κ1) is 14.4. The van der Waals surface area contributed by atoms with Gasteiger partial charge in [-0.05, 0) is 36.6 Å². The Hall–Kier alpha value is -1.52. The minimum absolute atomic E-state index is 0.0240. The zero-order valence-electron chi connectivity index (χ0n) is 11.7. The largest absolute Gasteiger partial charge is 0.396 e. The third-order valence-electron chi connectivity index (χ3n) is 3.88. The maximum Gasteiger partial charge on any atom is 0.146 e. The lowest BCUT2D eigenvalue weighted by atomic mass is 9.90. The summed E-state index contributed by atoms with van der Waals surface area (Å²) in [6, 6.07) is 15.4. The van der Waals surface area contributed by atoms with E-state index >= 15 is 0 Å². The van der Waals surface area contributed by atoms with Gasteiger partial charge in [-0.2, -0.15) is 0 Å². The summed E-state index contributed by atoms with van der Waals surface area (Å²) < 4.78 is 18.8. The van der Waals surface area contributed by atoms with Crippen molar-refractivity contribution in [3.05, 3.63) is 59.9 Å². The second-order valence-corrected chi connectivity index (χ2v) is 6.72. The molecule has 1 fully saturated rings. The molecule has 0 bridgehead atoms. The summed E-state index contributed by atoms with van der Waals surface area (Å²) >= 11 is 1.76. The molecule has 1 aliphatic rings. The van der Waals surface area contributed by atoms with E-state index in [0.29, 0.717) is 0 Å². The minimum atomic E-state index is -0.361. The lowest BCUT2D eigenvalue weighted by Crippen LogP contribution is -2.30. The van der Waals surface area contributed by atoms with Crippen molar-refractivity contribution >= 4 is 17.4 Å². The van der Waals surface area contributed by atoms with Gasteiger partial charge >= 0.3 is 0 Å². The average molecular weight is 303 g/mol. The summed E-state index contributed by atoms with van der Waals surface area (Å²) in [5.74, 6) is -0.361. The second kappa shape index (κ2) is 6.08. The second-order valence-electron chi connectivity index (χ2n) is 5.26. The van der Waals surface area contributed by atoms with Gasteiger partial charge in [0, 0.05) is 22.9 Å². The molecule has 2 nitrogen and oxygen atoms in total. The van der Waals surface area contributed by atoms with Gasteiger partial charge in [0.25, 0.3) is 0 Å². The smallest absolute Gasteiger partial charge is 0.146 e. The van der Waals surface area contributed by atoms with Crippen LogP contribution in [0, 0.1) is 5.82 Å². The predicted octanol–water partition coefficient (Wildman–Crippen LogP) is 4.21. The lowest BCUT2D eigenvalue weighted by molar-refractivity contribution is 0.0768. The van der Waals surface area contributed by atoms with Crippen LogP contribution in [0.3, 0.4) is 0 Å². The number of ether oxygens (including phenoxy) is 1. The molecule has 0 saturated carbocycles. The molecule has 1 aliphatic heterocycles. The van der Waals surface area contributed by atoms with Crippen LogP contribution in [0.4, 0.5) is 10.1 Å². The molecular formula is C17H18FNOS. The maximum absolute atomic E-state index is 13.3. The number of rotatable bonds is 3. The Bertz CT molecular complexity index is 611. The molecule has 4 heteroatoms. The molecule has 2 N–H and O–H groups in total. The van der Waals surface area contributed by atoms with Crippen molar-refractivity contribution < 1.29 is 9.13 Å². The molecule has 0 unspecified atom stereocenters. The van der Waals surface area contributed by atoms with Gasteiger partial charge in [0.05, 0.1) is 5.69 Å². The van der Waals surface area contributed by atoms with Crippen molar-refractivity contribution in [3.63, 3.8) is 0 Å². The van der Waals surface area contributed by atoms with E-state index in [1.807, 2.05) is 6.07 Å². The monoisotopic (exact) mass is 303 g/mol. The molecule has 0 atom stereocenters. The summed E-state index contributed by atoms with van der Waals surface area (Å²) in [6.07, 6.45) is 1.89. The standard InChI is InChI=1S/C17H18FNOS/c18-15-7-6-14(12-16(15)19)21-17(8-10-20-11-9-17)13-4-2-1-3-5-13/h1-7,12H,8-11,19H2. The number of nitrogens with two attached hydrogens (primary N) is 1. The molecule has 2 aromatic rings. The number of halogens is 1. The summed E-state index contributed by atoms with van der Waals surface area (Å²) in [6.45, 7) is 1.50. The third-order valence-corrected chi connectivity index (χ3v) is 5.41. The topological polar surface area (TPSA) is 35.2 Å². The number of hydrogen-bond acceptors (Lipinski definition) is 3. The molecule has 0 aromatic heterocycles. The van der Waals surface area contributed by atoms with Crippen LogP contribution in [0.1, 0.15) is 18.4 Å². The van der Waals surface area contributed by atoms with E-state index in [2.05, 4.69) is 24.3 Å². The van der Waals surface area contributed by atoms with E-state index in [4.69, 9.17) is 10.5 Å². The van der Waals surface area contributed by atoms with Crippen molar-refractivity contribution in [3.8, 4) is 0 Å². The maximum atomic E-state index is 13.3. The fraction of sp³-hybridized carbons (Fsp3) is 0.294. The molecule has 2 aromatic carbocycles. The summed E-state index contributed by atoms with van der Waals surface area (Å²) in [5.41, 5.74) is 7.19. The van der Waals surface area contributed by atoms with Crippen molar-refractivity contribution in [1.82, 2.24) is 0 Å². The van der Waals surface area contributed by atoms with Gasteiger partial charge in [-0.3, -0.25) is 0 Å². The van der Waals surface area contributed by atoms with E-state index in [1.54, 1.807) is 23.9 Å². The molecule has 3 rings (SSSR count). The van der Waals surface area contributed by atoms with Gasteiger partial charge in [0.2, 0.25) is 0 Å². The van der Waals surface area contributed by atoms with E-state index < -0.39 is 0 Å². The van der Waals surface area contributed by atoms with Crippen LogP contribution >= 0.6 is 11.8 Å². The Morgan fingerprint density at radius 3 is 2.43 bits per heavy atom. The molecule has 1 saturated heterocycles. The number of hydrogen-bond donors (Lipinski definition) is 1. The Morgan fingerprint density at radius 1 is 1.05 bits per heavy atom. The van der Waals surface area contributed by atoms with E-state index in [0.717, 1.165) is 31.0 Å². The molecule has 0 aliphatic carbocycles. The van der Waals surface area contributed by atoms with Crippen molar-refractivity contribution in [1.29, 1.82) is 0 Å². The average Bonchev–Trinajstić information content (AvgIpc) is 2.53. The normalized spacial score (nSPS) is 17.6. The van der Waals surface area contributed by atoms with Crippen LogP contribution in [0.25, 0.3) is 0 Å². The molecule has 110 valence electrons. The highest BCUT2D eigenvalue weighted by atomic mass is 32.2. The minimum Gasteiger partial charge on any atom is -0.396 e. The molecule has 0 spiro atoms.